The van der Waals surface area contributed by atoms with Gasteiger partial charge in [-0.2, -0.15) is 0 Å². The smallest absolute Gasteiger partial charge is 0.220 e. The summed E-state index contributed by atoms with van der Waals surface area (Å²) in [6.07, 6.45) is 5.24. The van der Waals surface area contributed by atoms with Gasteiger partial charge in [0, 0.05) is 24.0 Å². The molecule has 0 bridgehead atoms. The summed E-state index contributed by atoms with van der Waals surface area (Å²) in [4.78, 5) is 20.4. The Morgan fingerprint density at radius 2 is 2.32 bits per heavy atom. The number of nitrogens with zero attached hydrogens (tertiary/aromatic N) is 2. The number of pyridine rings is 1. The van der Waals surface area contributed by atoms with Gasteiger partial charge in [-0.15, -0.1) is 11.3 Å². The zero-order chi connectivity index (χ0) is 13.1. The molecule has 1 N–H and O–H groups in total. The molecule has 19 heavy (non-hydrogen) atoms. The monoisotopic (exact) mass is 273 g/mol. The molecule has 2 heterocycles. The lowest BCUT2D eigenvalue weighted by molar-refractivity contribution is -0.121. The summed E-state index contributed by atoms with van der Waals surface area (Å²) in [7, 11) is 0. The number of rotatable bonds is 5. The van der Waals surface area contributed by atoms with Gasteiger partial charge in [-0.3, -0.25) is 9.78 Å². The molecule has 1 saturated carbocycles. The fourth-order valence-electron chi connectivity index (χ4n) is 1.80. The van der Waals surface area contributed by atoms with Crippen LogP contribution in [0.15, 0.2) is 29.8 Å². The van der Waals surface area contributed by atoms with Gasteiger partial charge in [0.25, 0.3) is 0 Å². The van der Waals surface area contributed by atoms with E-state index < -0.39 is 0 Å². The molecule has 0 spiro atoms. The Labute approximate surface area is 115 Å². The minimum Gasteiger partial charge on any atom is -0.353 e. The van der Waals surface area contributed by atoms with E-state index in [9.17, 15) is 4.79 Å². The van der Waals surface area contributed by atoms with Crippen LogP contribution in [0.25, 0.3) is 10.7 Å². The highest BCUT2D eigenvalue weighted by Crippen LogP contribution is 2.22. The van der Waals surface area contributed by atoms with Crippen molar-refractivity contribution < 1.29 is 4.79 Å². The van der Waals surface area contributed by atoms with E-state index in [1.165, 1.54) is 0 Å². The zero-order valence-electron chi connectivity index (χ0n) is 10.5. The molecule has 98 valence electrons. The maximum absolute atomic E-state index is 11.6. The van der Waals surface area contributed by atoms with Crippen LogP contribution >= 0.6 is 11.3 Å². The first-order valence-electron chi connectivity index (χ1n) is 6.46. The fourth-order valence-corrected chi connectivity index (χ4v) is 2.63. The van der Waals surface area contributed by atoms with Crippen molar-refractivity contribution >= 4 is 17.2 Å². The van der Waals surface area contributed by atoms with E-state index >= 15 is 0 Å². The highest BCUT2D eigenvalue weighted by molar-refractivity contribution is 7.13. The summed E-state index contributed by atoms with van der Waals surface area (Å²) in [6.45, 7) is 0. The standard InChI is InChI=1S/C14H15N3OS/c18-13(16-10-4-5-10)7-6-11-9-19-14(17-11)12-3-1-2-8-15-12/h1-3,8-10H,4-7H2,(H,16,18). The molecule has 0 aliphatic heterocycles. The average molecular weight is 273 g/mol. The first-order chi connectivity index (χ1) is 9.31. The minimum atomic E-state index is 0.134. The maximum Gasteiger partial charge on any atom is 0.220 e. The molecule has 0 aromatic carbocycles. The molecule has 1 aliphatic carbocycles. The second-order valence-corrected chi connectivity index (χ2v) is 5.56. The van der Waals surface area contributed by atoms with Gasteiger partial charge < -0.3 is 5.32 Å². The lowest BCUT2D eigenvalue weighted by atomic mass is 10.2. The molecule has 1 fully saturated rings. The second kappa shape index (κ2) is 5.48. The van der Waals surface area contributed by atoms with Gasteiger partial charge in [0.1, 0.15) is 5.01 Å². The van der Waals surface area contributed by atoms with Crippen molar-refractivity contribution in [2.75, 3.05) is 0 Å². The first kappa shape index (κ1) is 12.3. The van der Waals surface area contributed by atoms with Crippen LogP contribution in [0.4, 0.5) is 0 Å². The van der Waals surface area contributed by atoms with Crippen LogP contribution in [-0.2, 0) is 11.2 Å². The van der Waals surface area contributed by atoms with Gasteiger partial charge in [-0.05, 0) is 31.4 Å². The zero-order valence-corrected chi connectivity index (χ0v) is 11.3. The van der Waals surface area contributed by atoms with Gasteiger partial charge in [0.15, 0.2) is 0 Å². The Bertz CT molecular complexity index is 563. The summed E-state index contributed by atoms with van der Waals surface area (Å²) in [6, 6.07) is 6.22. The van der Waals surface area contributed by atoms with Crippen LogP contribution in [0.2, 0.25) is 0 Å². The Kier molecular flexibility index (Phi) is 3.55. The van der Waals surface area contributed by atoms with Crippen LogP contribution < -0.4 is 5.32 Å². The number of carbonyl (C=O) groups excluding carboxylic acids is 1. The molecule has 0 unspecified atom stereocenters. The summed E-state index contributed by atoms with van der Waals surface area (Å²) in [5, 5.41) is 5.91. The van der Waals surface area contributed by atoms with E-state index in [1.54, 1.807) is 17.5 Å². The highest BCUT2D eigenvalue weighted by Gasteiger charge is 2.22. The lowest BCUT2D eigenvalue weighted by Gasteiger charge is -2.00. The number of nitrogens with one attached hydrogen (secondary N) is 1. The summed E-state index contributed by atoms with van der Waals surface area (Å²) >= 11 is 1.58. The minimum absolute atomic E-state index is 0.134. The third-order valence-corrected chi connectivity index (χ3v) is 3.90. The normalized spacial score (nSPS) is 14.3. The second-order valence-electron chi connectivity index (χ2n) is 4.70. The van der Waals surface area contributed by atoms with Crippen LogP contribution in [0.3, 0.4) is 0 Å². The number of hydrogen-bond donors (Lipinski definition) is 1. The average Bonchev–Trinajstić information content (AvgIpc) is 3.12. The summed E-state index contributed by atoms with van der Waals surface area (Å²) in [5.41, 5.74) is 1.86. The van der Waals surface area contributed by atoms with Crippen molar-refractivity contribution in [2.24, 2.45) is 0 Å². The largest absolute Gasteiger partial charge is 0.353 e. The van der Waals surface area contributed by atoms with Crippen molar-refractivity contribution in [3.05, 3.63) is 35.5 Å². The van der Waals surface area contributed by atoms with Gasteiger partial charge in [-0.25, -0.2) is 4.98 Å². The van der Waals surface area contributed by atoms with Crippen molar-refractivity contribution in [3.8, 4) is 10.7 Å². The SMILES string of the molecule is O=C(CCc1csc(-c2ccccn2)n1)NC1CC1. The van der Waals surface area contributed by atoms with Gasteiger partial charge in [-0.1, -0.05) is 6.07 Å². The Morgan fingerprint density at radius 1 is 1.42 bits per heavy atom. The van der Waals surface area contributed by atoms with Crippen molar-refractivity contribution in [2.45, 2.75) is 31.7 Å². The first-order valence-corrected chi connectivity index (χ1v) is 7.34. The van der Waals surface area contributed by atoms with Crippen molar-refractivity contribution in [3.63, 3.8) is 0 Å². The molecular formula is C14H15N3OS. The quantitative estimate of drug-likeness (QED) is 0.910. The predicted molar refractivity (Wildman–Crippen MR) is 74.8 cm³/mol. The molecule has 1 amide bonds. The number of thiazole rings is 1. The number of carbonyl (C=O) groups is 1. The summed E-state index contributed by atoms with van der Waals surface area (Å²) in [5.74, 6) is 0.134. The molecule has 2 aromatic heterocycles. The number of aromatic nitrogens is 2. The van der Waals surface area contributed by atoms with Crippen LogP contribution in [0, 0.1) is 0 Å². The van der Waals surface area contributed by atoms with E-state index in [0.717, 1.165) is 29.2 Å². The van der Waals surface area contributed by atoms with Crippen LogP contribution in [0.5, 0.6) is 0 Å². The Balaban J connectivity index is 1.57. The molecule has 2 aromatic rings. The Hall–Kier alpha value is -1.75. The molecule has 0 radical (unpaired) electrons. The third kappa shape index (κ3) is 3.38. The van der Waals surface area contributed by atoms with Gasteiger partial charge >= 0.3 is 0 Å². The molecule has 0 saturated heterocycles. The molecule has 1 aliphatic rings. The van der Waals surface area contributed by atoms with Gasteiger partial charge in [0.05, 0.1) is 11.4 Å². The topological polar surface area (TPSA) is 54.9 Å². The molecule has 0 atom stereocenters. The van der Waals surface area contributed by atoms with E-state index in [4.69, 9.17) is 0 Å². The lowest BCUT2D eigenvalue weighted by Crippen LogP contribution is -2.25. The predicted octanol–water partition coefficient (Wildman–Crippen LogP) is 2.42. The highest BCUT2D eigenvalue weighted by atomic mass is 32.1. The number of hydrogen-bond acceptors (Lipinski definition) is 4. The van der Waals surface area contributed by atoms with Crippen LogP contribution in [0.1, 0.15) is 25.0 Å². The molecule has 4 nitrogen and oxygen atoms in total. The third-order valence-electron chi connectivity index (χ3n) is 2.99. The molecule has 5 heteroatoms. The number of aryl methyl sites for hydroxylation is 1. The summed E-state index contributed by atoms with van der Waals surface area (Å²) < 4.78 is 0. The van der Waals surface area contributed by atoms with Crippen molar-refractivity contribution in [1.82, 2.24) is 15.3 Å². The van der Waals surface area contributed by atoms with Crippen LogP contribution in [-0.4, -0.2) is 21.9 Å². The van der Waals surface area contributed by atoms with E-state index in [0.29, 0.717) is 18.9 Å². The van der Waals surface area contributed by atoms with Gasteiger partial charge in [0.2, 0.25) is 5.91 Å². The molecular weight excluding hydrogens is 258 g/mol. The Morgan fingerprint density at radius 3 is 3.05 bits per heavy atom. The van der Waals surface area contributed by atoms with E-state index in [2.05, 4.69) is 15.3 Å². The van der Waals surface area contributed by atoms with Crippen molar-refractivity contribution in [1.29, 1.82) is 0 Å². The van der Waals surface area contributed by atoms with E-state index in [1.807, 2.05) is 23.6 Å². The fraction of sp³-hybridized carbons (Fsp3) is 0.357. The van der Waals surface area contributed by atoms with E-state index in [-0.39, 0.29) is 5.91 Å². The molecule has 3 rings (SSSR count). The maximum atomic E-state index is 11.6. The number of amides is 1.